The molecule has 0 unspecified atom stereocenters. The number of hydrogen-bond donors (Lipinski definition) is 3. The molecule has 0 aromatic rings. The van der Waals surface area contributed by atoms with Crippen LogP contribution >= 0.6 is 24.0 Å². The Morgan fingerprint density at radius 3 is 2.04 bits per heavy atom. The van der Waals surface area contributed by atoms with Crippen molar-refractivity contribution < 1.29 is 4.79 Å². The van der Waals surface area contributed by atoms with E-state index in [1.54, 1.807) is 0 Å². The number of hydrogen-bond acceptors (Lipinski definition) is 3. The molecule has 0 spiro atoms. The second-order valence-corrected chi connectivity index (χ2v) is 7.35. The number of rotatable bonds is 8. The molecule has 1 amide bonds. The molecule has 144 valence electrons. The zero-order valence-electron chi connectivity index (χ0n) is 16.7. The number of halogens is 1. The summed E-state index contributed by atoms with van der Waals surface area (Å²) in [7, 11) is 0. The Hall–Kier alpha value is -0.570. The highest BCUT2D eigenvalue weighted by Gasteiger charge is 2.14. The van der Waals surface area contributed by atoms with Crippen molar-refractivity contribution in [1.82, 2.24) is 20.9 Å². The van der Waals surface area contributed by atoms with Gasteiger partial charge in [-0.25, -0.2) is 4.99 Å². The van der Waals surface area contributed by atoms with Gasteiger partial charge >= 0.3 is 0 Å². The minimum Gasteiger partial charge on any atom is -0.357 e. The van der Waals surface area contributed by atoms with Gasteiger partial charge in [0.15, 0.2) is 5.96 Å². The summed E-state index contributed by atoms with van der Waals surface area (Å²) in [6.07, 6.45) is 0. The third-order valence-electron chi connectivity index (χ3n) is 3.23. The van der Waals surface area contributed by atoms with Crippen LogP contribution in [0.1, 0.15) is 55.4 Å². The predicted octanol–water partition coefficient (Wildman–Crippen LogP) is 2.19. The quantitative estimate of drug-likeness (QED) is 0.298. The number of guanidine groups is 1. The van der Waals surface area contributed by atoms with Crippen LogP contribution in [-0.2, 0) is 4.79 Å². The van der Waals surface area contributed by atoms with Crippen LogP contribution < -0.4 is 16.0 Å². The van der Waals surface area contributed by atoms with Gasteiger partial charge in [0.1, 0.15) is 6.54 Å². The fraction of sp³-hybridized carbons (Fsp3) is 0.882. The second kappa shape index (κ2) is 12.7. The maximum Gasteiger partial charge on any atom is 0.242 e. The van der Waals surface area contributed by atoms with E-state index in [2.05, 4.69) is 53.5 Å². The molecule has 0 bridgehead atoms. The predicted molar refractivity (Wildman–Crippen MR) is 114 cm³/mol. The Balaban J connectivity index is 0. The van der Waals surface area contributed by atoms with Crippen molar-refractivity contribution in [3.8, 4) is 0 Å². The maximum absolute atomic E-state index is 11.8. The Bertz CT molecular complexity index is 370. The van der Waals surface area contributed by atoms with E-state index in [0.29, 0.717) is 18.0 Å². The molecule has 0 saturated carbocycles. The van der Waals surface area contributed by atoms with Gasteiger partial charge in [0.2, 0.25) is 5.91 Å². The van der Waals surface area contributed by atoms with E-state index in [-0.39, 0.29) is 42.0 Å². The highest BCUT2D eigenvalue weighted by Crippen LogP contribution is 2.03. The Labute approximate surface area is 165 Å². The highest BCUT2D eigenvalue weighted by atomic mass is 127. The van der Waals surface area contributed by atoms with E-state index in [1.807, 2.05) is 27.7 Å². The molecule has 7 heteroatoms. The lowest BCUT2D eigenvalue weighted by molar-refractivity contribution is -0.121. The van der Waals surface area contributed by atoms with Gasteiger partial charge in [0.25, 0.3) is 0 Å². The molecule has 0 fully saturated rings. The largest absolute Gasteiger partial charge is 0.357 e. The lowest BCUT2D eigenvalue weighted by atomic mass is 10.1. The van der Waals surface area contributed by atoms with Crippen molar-refractivity contribution in [2.24, 2.45) is 4.99 Å². The summed E-state index contributed by atoms with van der Waals surface area (Å²) in [6.45, 7) is 19.4. The zero-order valence-corrected chi connectivity index (χ0v) is 19.0. The Morgan fingerprint density at radius 1 is 1.08 bits per heavy atom. The third kappa shape index (κ3) is 12.8. The van der Waals surface area contributed by atoms with Gasteiger partial charge in [0, 0.05) is 37.3 Å². The number of nitrogens with zero attached hydrogens (tertiary/aromatic N) is 2. The number of nitrogens with one attached hydrogen (secondary N) is 3. The van der Waals surface area contributed by atoms with E-state index in [4.69, 9.17) is 0 Å². The molecule has 0 aliphatic heterocycles. The summed E-state index contributed by atoms with van der Waals surface area (Å²) >= 11 is 0. The van der Waals surface area contributed by atoms with Gasteiger partial charge in [-0.05, 0) is 55.4 Å². The van der Waals surface area contributed by atoms with Crippen LogP contribution in [0.15, 0.2) is 4.99 Å². The van der Waals surface area contributed by atoms with Crippen LogP contribution in [0.3, 0.4) is 0 Å². The number of amides is 1. The topological polar surface area (TPSA) is 68.8 Å². The zero-order chi connectivity index (χ0) is 18.0. The van der Waals surface area contributed by atoms with Crippen molar-refractivity contribution in [1.29, 1.82) is 0 Å². The first kappa shape index (κ1) is 25.7. The molecule has 3 N–H and O–H groups in total. The van der Waals surface area contributed by atoms with Crippen LogP contribution in [0.2, 0.25) is 0 Å². The summed E-state index contributed by atoms with van der Waals surface area (Å²) in [5.74, 6) is 0.615. The number of aliphatic imine (C=N–C) groups is 1. The molecule has 0 saturated heterocycles. The van der Waals surface area contributed by atoms with Gasteiger partial charge in [-0.3, -0.25) is 9.69 Å². The molecule has 0 atom stereocenters. The van der Waals surface area contributed by atoms with Crippen LogP contribution in [-0.4, -0.2) is 60.6 Å². The molecule has 0 aromatic heterocycles. The van der Waals surface area contributed by atoms with Gasteiger partial charge in [-0.15, -0.1) is 24.0 Å². The minimum atomic E-state index is -0.229. The number of carbonyl (C=O) groups is 1. The standard InChI is InChI=1S/C17H37N5O.HI/c1-9-18-16(20-12-15(23)21-17(6,7)8)19-10-11-22(13(2)3)14(4)5;/h13-14H,9-12H2,1-8H3,(H,21,23)(H2,18,19,20);1H. The summed E-state index contributed by atoms with van der Waals surface area (Å²) in [4.78, 5) is 18.6. The molecule has 0 radical (unpaired) electrons. The molecule has 0 heterocycles. The molecule has 0 rings (SSSR count). The van der Waals surface area contributed by atoms with Crippen LogP contribution in [0.25, 0.3) is 0 Å². The van der Waals surface area contributed by atoms with Crippen LogP contribution in [0, 0.1) is 0 Å². The average molecular weight is 455 g/mol. The molecule has 0 aliphatic rings. The summed E-state index contributed by atoms with van der Waals surface area (Å²) < 4.78 is 0. The van der Waals surface area contributed by atoms with E-state index in [0.717, 1.165) is 19.6 Å². The van der Waals surface area contributed by atoms with Crippen LogP contribution in [0.4, 0.5) is 0 Å². The number of carbonyl (C=O) groups excluding carboxylic acids is 1. The molecule has 24 heavy (non-hydrogen) atoms. The van der Waals surface area contributed by atoms with Crippen molar-refractivity contribution in [3.63, 3.8) is 0 Å². The van der Waals surface area contributed by atoms with E-state index in [1.165, 1.54) is 0 Å². The fourth-order valence-corrected chi connectivity index (χ4v) is 2.37. The van der Waals surface area contributed by atoms with Crippen LogP contribution in [0.5, 0.6) is 0 Å². The molecule has 0 aliphatic carbocycles. The van der Waals surface area contributed by atoms with Crippen molar-refractivity contribution >= 4 is 35.8 Å². The smallest absolute Gasteiger partial charge is 0.242 e. The molecule has 6 nitrogen and oxygen atoms in total. The van der Waals surface area contributed by atoms with Crippen molar-refractivity contribution in [3.05, 3.63) is 0 Å². The van der Waals surface area contributed by atoms with Crippen molar-refractivity contribution in [2.75, 3.05) is 26.2 Å². The SMILES string of the molecule is CCNC(=NCC(=O)NC(C)(C)C)NCCN(C(C)C)C(C)C.I. The van der Waals surface area contributed by atoms with Gasteiger partial charge in [-0.2, -0.15) is 0 Å². The third-order valence-corrected chi connectivity index (χ3v) is 3.23. The molecular weight excluding hydrogens is 417 g/mol. The maximum atomic E-state index is 11.8. The van der Waals surface area contributed by atoms with E-state index < -0.39 is 0 Å². The monoisotopic (exact) mass is 455 g/mol. The fourth-order valence-electron chi connectivity index (χ4n) is 2.37. The van der Waals surface area contributed by atoms with Gasteiger partial charge < -0.3 is 16.0 Å². The normalized spacial score (nSPS) is 12.4. The Morgan fingerprint density at radius 2 is 1.62 bits per heavy atom. The van der Waals surface area contributed by atoms with Gasteiger partial charge in [0.05, 0.1) is 0 Å². The summed E-state index contributed by atoms with van der Waals surface area (Å²) in [5, 5.41) is 9.38. The first-order chi connectivity index (χ1) is 10.6. The van der Waals surface area contributed by atoms with Gasteiger partial charge in [-0.1, -0.05) is 0 Å². The lowest BCUT2D eigenvalue weighted by Gasteiger charge is -2.30. The lowest BCUT2D eigenvalue weighted by Crippen LogP contribution is -2.46. The highest BCUT2D eigenvalue weighted by molar-refractivity contribution is 14.0. The summed E-state index contributed by atoms with van der Waals surface area (Å²) in [5.41, 5.74) is -0.229. The van der Waals surface area contributed by atoms with Crippen molar-refractivity contribution in [2.45, 2.75) is 73.0 Å². The van der Waals surface area contributed by atoms with E-state index >= 15 is 0 Å². The molecular formula is C17H38IN5O. The minimum absolute atomic E-state index is 0. The van der Waals surface area contributed by atoms with E-state index in [9.17, 15) is 4.79 Å². The molecule has 0 aromatic carbocycles. The summed E-state index contributed by atoms with van der Waals surface area (Å²) in [6, 6.07) is 1.02. The first-order valence-electron chi connectivity index (χ1n) is 8.65. The Kier molecular flexibility index (Phi) is 13.6. The average Bonchev–Trinajstić information content (AvgIpc) is 2.37. The second-order valence-electron chi connectivity index (χ2n) is 7.35. The first-order valence-corrected chi connectivity index (χ1v) is 8.65.